The van der Waals surface area contributed by atoms with E-state index >= 15 is 0 Å². The minimum atomic E-state index is -1.19. The lowest BCUT2D eigenvalue weighted by molar-refractivity contribution is -0.122. The molecule has 1 saturated heterocycles. The molecule has 9 heteroatoms. The molecule has 0 aromatic heterocycles. The summed E-state index contributed by atoms with van der Waals surface area (Å²) in [6.07, 6.45) is -0.0184. The zero-order valence-electron chi connectivity index (χ0n) is 14.8. The first-order valence-corrected chi connectivity index (χ1v) is 8.69. The number of hydrogen-bond donors (Lipinski definition) is 3. The van der Waals surface area contributed by atoms with Crippen molar-refractivity contribution < 1.29 is 29.3 Å². The molecule has 1 aliphatic rings. The Hall–Kier alpha value is -3.26. The number of carbonyl (C=O) groups is 3. The van der Waals surface area contributed by atoms with E-state index in [2.05, 4.69) is 5.32 Å². The molecule has 3 rings (SSSR count). The molecule has 8 nitrogen and oxygen atoms in total. The summed E-state index contributed by atoms with van der Waals surface area (Å²) in [7, 11) is 1.47. The number of ether oxygens (including phenoxy) is 1. The van der Waals surface area contributed by atoms with Crippen LogP contribution in [-0.2, 0) is 9.59 Å². The number of aromatic carboxylic acids is 1. The zero-order valence-corrected chi connectivity index (χ0v) is 15.6. The van der Waals surface area contributed by atoms with Crippen LogP contribution in [0.1, 0.15) is 16.8 Å². The summed E-state index contributed by atoms with van der Waals surface area (Å²) in [4.78, 5) is 37.3. The topological polar surface area (TPSA) is 116 Å². The van der Waals surface area contributed by atoms with E-state index in [1.807, 2.05) is 0 Å². The van der Waals surface area contributed by atoms with Crippen LogP contribution in [0, 0.1) is 5.92 Å². The standard InChI is InChI=1S/C19H17ClN2O6/c1-28-16-5-3-12(20)8-14(16)22-9-11(7-17(22)24)18(25)21-13-4-2-10(19(26)27)6-15(13)23/h2-6,8,11,23H,7,9H2,1H3,(H,21,25)(H,26,27). The fraction of sp³-hybridized carbons (Fsp3) is 0.211. The van der Waals surface area contributed by atoms with Gasteiger partial charge in [0.05, 0.1) is 30.0 Å². The number of carboxylic acid groups (broad SMARTS) is 1. The van der Waals surface area contributed by atoms with Crippen LogP contribution in [0.15, 0.2) is 36.4 Å². The van der Waals surface area contributed by atoms with E-state index < -0.39 is 17.8 Å². The van der Waals surface area contributed by atoms with Crippen molar-refractivity contribution in [3.63, 3.8) is 0 Å². The molecule has 0 spiro atoms. The monoisotopic (exact) mass is 404 g/mol. The van der Waals surface area contributed by atoms with Crippen molar-refractivity contribution in [3.8, 4) is 11.5 Å². The van der Waals surface area contributed by atoms with Crippen LogP contribution >= 0.6 is 11.6 Å². The normalized spacial score (nSPS) is 16.1. The van der Waals surface area contributed by atoms with Crippen molar-refractivity contribution in [2.45, 2.75) is 6.42 Å². The molecule has 1 fully saturated rings. The SMILES string of the molecule is COc1ccc(Cl)cc1N1CC(C(=O)Nc2ccc(C(=O)O)cc2O)CC1=O. The number of anilines is 2. The van der Waals surface area contributed by atoms with Gasteiger partial charge in [0.2, 0.25) is 11.8 Å². The Morgan fingerprint density at radius 1 is 1.25 bits per heavy atom. The van der Waals surface area contributed by atoms with E-state index in [1.165, 1.54) is 24.1 Å². The van der Waals surface area contributed by atoms with Crippen LogP contribution < -0.4 is 15.0 Å². The third-order valence-electron chi connectivity index (χ3n) is 4.43. The second-order valence-electron chi connectivity index (χ2n) is 6.25. The number of nitrogens with one attached hydrogen (secondary N) is 1. The zero-order chi connectivity index (χ0) is 20.4. The van der Waals surface area contributed by atoms with Gasteiger partial charge >= 0.3 is 5.97 Å². The summed E-state index contributed by atoms with van der Waals surface area (Å²) < 4.78 is 5.26. The molecule has 146 valence electrons. The van der Waals surface area contributed by atoms with Gasteiger partial charge in [0, 0.05) is 18.0 Å². The number of rotatable bonds is 5. The number of phenols is 1. The number of amides is 2. The average molecular weight is 405 g/mol. The molecule has 1 atom stereocenters. The van der Waals surface area contributed by atoms with Gasteiger partial charge in [-0.05, 0) is 36.4 Å². The molecule has 0 radical (unpaired) electrons. The quantitative estimate of drug-likeness (QED) is 0.660. The molecule has 2 amide bonds. The molecule has 2 aromatic rings. The number of hydrogen-bond acceptors (Lipinski definition) is 5. The van der Waals surface area contributed by atoms with E-state index in [0.717, 1.165) is 6.07 Å². The summed E-state index contributed by atoms with van der Waals surface area (Å²) in [5.41, 5.74) is 0.441. The second-order valence-corrected chi connectivity index (χ2v) is 6.68. The smallest absolute Gasteiger partial charge is 0.335 e. The Labute approximate surface area is 165 Å². The van der Waals surface area contributed by atoms with Crippen molar-refractivity contribution in [1.29, 1.82) is 0 Å². The highest BCUT2D eigenvalue weighted by Crippen LogP contribution is 2.35. The van der Waals surface area contributed by atoms with Gasteiger partial charge in [-0.25, -0.2) is 4.79 Å². The van der Waals surface area contributed by atoms with Crippen LogP contribution in [0.3, 0.4) is 0 Å². The molecule has 0 bridgehead atoms. The number of aromatic hydroxyl groups is 1. The van der Waals surface area contributed by atoms with E-state index in [0.29, 0.717) is 16.5 Å². The number of carboxylic acids is 1. The van der Waals surface area contributed by atoms with Gasteiger partial charge in [-0.1, -0.05) is 11.6 Å². The molecule has 2 aromatic carbocycles. The maximum absolute atomic E-state index is 12.6. The fourth-order valence-corrected chi connectivity index (χ4v) is 3.16. The maximum Gasteiger partial charge on any atom is 0.335 e. The Bertz CT molecular complexity index is 961. The molecular formula is C19H17ClN2O6. The number of carbonyl (C=O) groups excluding carboxylic acids is 2. The Kier molecular flexibility index (Phi) is 5.41. The van der Waals surface area contributed by atoms with Gasteiger partial charge in [-0.3, -0.25) is 9.59 Å². The number of phenolic OH excluding ortho intramolecular Hbond substituents is 1. The molecule has 0 aliphatic carbocycles. The average Bonchev–Trinajstić information content (AvgIpc) is 3.04. The first-order valence-electron chi connectivity index (χ1n) is 8.31. The van der Waals surface area contributed by atoms with Crippen LogP contribution in [0.25, 0.3) is 0 Å². The maximum atomic E-state index is 12.6. The van der Waals surface area contributed by atoms with E-state index in [-0.39, 0.29) is 35.9 Å². The van der Waals surface area contributed by atoms with Gasteiger partial charge in [0.1, 0.15) is 11.5 Å². The molecule has 1 unspecified atom stereocenters. The molecule has 0 saturated carbocycles. The molecule has 1 aliphatic heterocycles. The van der Waals surface area contributed by atoms with E-state index in [1.54, 1.807) is 18.2 Å². The van der Waals surface area contributed by atoms with Gasteiger partial charge in [-0.2, -0.15) is 0 Å². The molecule has 1 heterocycles. The van der Waals surface area contributed by atoms with Gasteiger partial charge in [-0.15, -0.1) is 0 Å². The fourth-order valence-electron chi connectivity index (χ4n) is 3.00. The van der Waals surface area contributed by atoms with Gasteiger partial charge < -0.3 is 25.2 Å². The highest BCUT2D eigenvalue weighted by molar-refractivity contribution is 6.31. The van der Waals surface area contributed by atoms with Crippen molar-refractivity contribution in [1.82, 2.24) is 0 Å². The summed E-state index contributed by atoms with van der Waals surface area (Å²) in [6.45, 7) is 0.120. The number of nitrogens with zero attached hydrogens (tertiary/aromatic N) is 1. The van der Waals surface area contributed by atoms with Crippen molar-refractivity contribution >= 4 is 40.8 Å². The van der Waals surface area contributed by atoms with E-state index in [4.69, 9.17) is 21.4 Å². The lowest BCUT2D eigenvalue weighted by Gasteiger charge is -2.20. The minimum Gasteiger partial charge on any atom is -0.506 e. The van der Waals surface area contributed by atoms with Gasteiger partial charge in [0.15, 0.2) is 0 Å². The van der Waals surface area contributed by atoms with Crippen molar-refractivity contribution in [2.24, 2.45) is 5.92 Å². The third kappa shape index (κ3) is 3.86. The number of methoxy groups -OCH3 is 1. The van der Waals surface area contributed by atoms with Crippen molar-refractivity contribution in [3.05, 3.63) is 47.0 Å². The van der Waals surface area contributed by atoms with Crippen LogP contribution in [0.2, 0.25) is 5.02 Å². The molecule has 28 heavy (non-hydrogen) atoms. The highest BCUT2D eigenvalue weighted by Gasteiger charge is 2.36. The predicted molar refractivity (Wildman–Crippen MR) is 102 cm³/mol. The summed E-state index contributed by atoms with van der Waals surface area (Å²) in [6, 6.07) is 8.47. The van der Waals surface area contributed by atoms with Crippen LogP contribution in [-0.4, -0.2) is 41.7 Å². The lowest BCUT2D eigenvalue weighted by atomic mass is 10.1. The highest BCUT2D eigenvalue weighted by atomic mass is 35.5. The Morgan fingerprint density at radius 3 is 2.64 bits per heavy atom. The Morgan fingerprint density at radius 2 is 2.00 bits per heavy atom. The minimum absolute atomic E-state index is 0.0184. The first kappa shape index (κ1) is 19.5. The summed E-state index contributed by atoms with van der Waals surface area (Å²) in [5, 5.41) is 21.8. The number of benzene rings is 2. The first-order chi connectivity index (χ1) is 13.3. The van der Waals surface area contributed by atoms with E-state index in [9.17, 15) is 19.5 Å². The largest absolute Gasteiger partial charge is 0.506 e. The van der Waals surface area contributed by atoms with Crippen molar-refractivity contribution in [2.75, 3.05) is 23.9 Å². The van der Waals surface area contributed by atoms with Crippen LogP contribution in [0.4, 0.5) is 11.4 Å². The molecule has 3 N–H and O–H groups in total. The number of halogens is 1. The van der Waals surface area contributed by atoms with Crippen LogP contribution in [0.5, 0.6) is 11.5 Å². The lowest BCUT2D eigenvalue weighted by Crippen LogP contribution is -2.28. The summed E-state index contributed by atoms with van der Waals surface area (Å²) in [5.74, 6) is -2.48. The Balaban J connectivity index is 1.76. The molecular weight excluding hydrogens is 388 g/mol. The third-order valence-corrected chi connectivity index (χ3v) is 4.67. The second kappa shape index (κ2) is 7.77. The van der Waals surface area contributed by atoms with Gasteiger partial charge in [0.25, 0.3) is 0 Å². The predicted octanol–water partition coefficient (Wildman–Crippen LogP) is 2.74. The summed E-state index contributed by atoms with van der Waals surface area (Å²) >= 11 is 6.02.